The molecule has 0 aliphatic rings. The molecule has 0 radical (unpaired) electrons. The van der Waals surface area contributed by atoms with E-state index in [1.807, 2.05) is 13.0 Å². The molecule has 1 atom stereocenters. The largest absolute Gasteiger partial charge is 0.378 e. The number of rotatable bonds is 3. The zero-order chi connectivity index (χ0) is 17.9. The summed E-state index contributed by atoms with van der Waals surface area (Å²) in [6.07, 6.45) is 0.447. The summed E-state index contributed by atoms with van der Waals surface area (Å²) in [7, 11) is 0. The van der Waals surface area contributed by atoms with Crippen LogP contribution in [0.4, 0.5) is 8.78 Å². The van der Waals surface area contributed by atoms with Gasteiger partial charge in [0.05, 0.1) is 5.69 Å². The van der Waals surface area contributed by atoms with Crippen LogP contribution in [0.2, 0.25) is 0 Å². The van der Waals surface area contributed by atoms with Crippen molar-refractivity contribution < 1.29 is 13.9 Å². The van der Waals surface area contributed by atoms with Crippen molar-refractivity contribution in [3.63, 3.8) is 0 Å². The normalized spacial score (nSPS) is 12.5. The number of halogens is 3. The quantitative estimate of drug-likeness (QED) is 0.773. The van der Waals surface area contributed by atoms with Gasteiger partial charge in [-0.3, -0.25) is 0 Å². The van der Waals surface area contributed by atoms with E-state index in [4.69, 9.17) is 0 Å². The van der Waals surface area contributed by atoms with Crippen molar-refractivity contribution >= 4 is 15.9 Å². The Morgan fingerprint density at radius 1 is 1.21 bits per heavy atom. The molecular formula is C19H18BrF2NO. The maximum atomic E-state index is 13.3. The zero-order valence-corrected chi connectivity index (χ0v) is 15.3. The van der Waals surface area contributed by atoms with Gasteiger partial charge in [-0.2, -0.15) is 0 Å². The van der Waals surface area contributed by atoms with Gasteiger partial charge in [-0.05, 0) is 71.9 Å². The molecule has 0 bridgehead atoms. The van der Waals surface area contributed by atoms with Crippen molar-refractivity contribution in [3.05, 3.63) is 63.4 Å². The second kappa shape index (κ2) is 7.42. The van der Waals surface area contributed by atoms with Gasteiger partial charge < -0.3 is 5.11 Å². The average Bonchev–Trinajstić information content (AvgIpc) is 2.44. The van der Waals surface area contributed by atoms with Crippen molar-refractivity contribution in [2.24, 2.45) is 0 Å². The zero-order valence-electron chi connectivity index (χ0n) is 13.7. The third-order valence-corrected chi connectivity index (χ3v) is 3.97. The van der Waals surface area contributed by atoms with Crippen molar-refractivity contribution in [3.8, 4) is 11.8 Å². The van der Waals surface area contributed by atoms with E-state index < -0.39 is 17.2 Å². The number of benzene rings is 1. The van der Waals surface area contributed by atoms with E-state index in [0.29, 0.717) is 17.7 Å². The minimum Gasteiger partial charge on any atom is -0.378 e. The lowest BCUT2D eigenvalue weighted by molar-refractivity contribution is 0.143. The first-order valence-electron chi connectivity index (χ1n) is 7.51. The Balaban J connectivity index is 2.27. The highest BCUT2D eigenvalue weighted by Gasteiger charge is 2.14. The Bertz CT molecular complexity index is 783. The number of aliphatic hydroxyl groups is 1. The molecule has 2 nitrogen and oxygen atoms in total. The Morgan fingerprint density at radius 3 is 2.42 bits per heavy atom. The summed E-state index contributed by atoms with van der Waals surface area (Å²) in [6, 6.07) is 7.09. The molecule has 2 aromatic rings. The Labute approximate surface area is 149 Å². The van der Waals surface area contributed by atoms with Crippen molar-refractivity contribution in [1.29, 1.82) is 0 Å². The number of hydrogen-bond donors (Lipinski definition) is 1. The maximum Gasteiger partial charge on any atom is 0.126 e. The first kappa shape index (κ1) is 18.6. The van der Waals surface area contributed by atoms with E-state index in [2.05, 4.69) is 32.8 Å². The van der Waals surface area contributed by atoms with Crippen molar-refractivity contribution in [2.75, 3.05) is 0 Å². The lowest BCUT2D eigenvalue weighted by atomic mass is 9.97. The smallest absolute Gasteiger partial charge is 0.126 e. The SMILES string of the molecule is C[C@@H](Cc1cc(F)cc(F)c1)c1nc(C#CC(C)(C)O)ccc1Br. The molecule has 0 saturated carbocycles. The van der Waals surface area contributed by atoms with Crippen LogP contribution in [0, 0.1) is 23.5 Å². The third-order valence-electron chi connectivity index (χ3n) is 3.30. The molecule has 5 heteroatoms. The van der Waals surface area contributed by atoms with Gasteiger partial charge >= 0.3 is 0 Å². The molecule has 1 heterocycles. The summed E-state index contributed by atoms with van der Waals surface area (Å²) >= 11 is 3.46. The second-order valence-corrected chi connectivity index (χ2v) is 7.11. The van der Waals surface area contributed by atoms with Gasteiger partial charge in [-0.15, -0.1) is 0 Å². The highest BCUT2D eigenvalue weighted by Crippen LogP contribution is 2.26. The molecule has 2 rings (SSSR count). The minimum atomic E-state index is -1.10. The molecule has 24 heavy (non-hydrogen) atoms. The Kier molecular flexibility index (Phi) is 5.74. The van der Waals surface area contributed by atoms with Crippen LogP contribution in [0.3, 0.4) is 0 Å². The summed E-state index contributed by atoms with van der Waals surface area (Å²) in [5.41, 5.74) is 0.760. The van der Waals surface area contributed by atoms with Crippen molar-refractivity contribution in [1.82, 2.24) is 4.98 Å². The molecule has 0 fully saturated rings. The molecule has 0 aliphatic heterocycles. The van der Waals surface area contributed by atoms with E-state index in [-0.39, 0.29) is 5.92 Å². The average molecular weight is 394 g/mol. The number of nitrogens with zero attached hydrogens (tertiary/aromatic N) is 1. The van der Waals surface area contributed by atoms with Crippen LogP contribution in [0.1, 0.15) is 43.6 Å². The fraction of sp³-hybridized carbons (Fsp3) is 0.316. The molecule has 0 spiro atoms. The van der Waals surface area contributed by atoms with Gasteiger partial charge in [-0.25, -0.2) is 13.8 Å². The lowest BCUT2D eigenvalue weighted by Crippen LogP contribution is -2.14. The molecule has 1 aromatic carbocycles. The summed E-state index contributed by atoms with van der Waals surface area (Å²) in [5.74, 6) is 4.31. The van der Waals surface area contributed by atoms with Crippen LogP contribution in [-0.4, -0.2) is 15.7 Å². The van der Waals surface area contributed by atoms with E-state index in [1.165, 1.54) is 12.1 Å². The van der Waals surface area contributed by atoms with E-state index >= 15 is 0 Å². The van der Waals surface area contributed by atoms with E-state index in [9.17, 15) is 13.9 Å². The summed E-state index contributed by atoms with van der Waals surface area (Å²) in [5, 5.41) is 9.68. The first-order valence-corrected chi connectivity index (χ1v) is 8.30. The van der Waals surface area contributed by atoms with Gasteiger partial charge in [0.15, 0.2) is 0 Å². The maximum absolute atomic E-state index is 13.3. The molecule has 0 aliphatic carbocycles. The Morgan fingerprint density at radius 2 is 1.83 bits per heavy atom. The van der Waals surface area contributed by atoms with Gasteiger partial charge in [-0.1, -0.05) is 12.8 Å². The molecule has 1 N–H and O–H groups in total. The number of aromatic nitrogens is 1. The second-order valence-electron chi connectivity index (χ2n) is 6.26. The van der Waals surface area contributed by atoms with Gasteiger partial charge in [0.1, 0.15) is 22.9 Å². The molecule has 126 valence electrons. The van der Waals surface area contributed by atoms with Crippen LogP contribution in [0.5, 0.6) is 0 Å². The fourth-order valence-corrected chi connectivity index (χ4v) is 2.88. The summed E-state index contributed by atoms with van der Waals surface area (Å²) < 4.78 is 27.5. The Hall–Kier alpha value is -1.77. The molecule has 1 aromatic heterocycles. The highest BCUT2D eigenvalue weighted by atomic mass is 79.9. The number of pyridine rings is 1. The van der Waals surface area contributed by atoms with Crippen LogP contribution in [-0.2, 0) is 6.42 Å². The first-order chi connectivity index (χ1) is 11.1. The van der Waals surface area contributed by atoms with Gasteiger partial charge in [0.2, 0.25) is 0 Å². The third kappa shape index (κ3) is 5.40. The lowest BCUT2D eigenvalue weighted by Gasteiger charge is -2.14. The summed E-state index contributed by atoms with van der Waals surface area (Å²) in [4.78, 5) is 4.50. The van der Waals surface area contributed by atoms with Crippen LogP contribution in [0.15, 0.2) is 34.8 Å². The summed E-state index contributed by atoms with van der Waals surface area (Å²) in [6.45, 7) is 5.13. The monoisotopic (exact) mass is 393 g/mol. The predicted octanol–water partition coefficient (Wildman–Crippen LogP) is 4.59. The topological polar surface area (TPSA) is 33.1 Å². The standard InChI is InChI=1S/C19H18BrF2NO/c1-12(8-13-9-14(21)11-15(22)10-13)18-17(20)5-4-16(23-18)6-7-19(2,3)24/h4-5,9-12,24H,8H2,1-3H3/t12-/m0/s1. The molecule has 0 saturated heterocycles. The van der Waals surface area contributed by atoms with Crippen LogP contribution in [0.25, 0.3) is 0 Å². The molecule has 0 amide bonds. The molecule has 0 unspecified atom stereocenters. The predicted molar refractivity (Wildman–Crippen MR) is 93.6 cm³/mol. The molecular weight excluding hydrogens is 376 g/mol. The van der Waals surface area contributed by atoms with Gasteiger partial charge in [0, 0.05) is 16.5 Å². The fourth-order valence-electron chi connectivity index (χ4n) is 2.27. The van der Waals surface area contributed by atoms with E-state index in [1.54, 1.807) is 19.9 Å². The van der Waals surface area contributed by atoms with Gasteiger partial charge in [0.25, 0.3) is 0 Å². The van der Waals surface area contributed by atoms with Crippen LogP contribution >= 0.6 is 15.9 Å². The minimum absolute atomic E-state index is 0.0653. The number of hydrogen-bond acceptors (Lipinski definition) is 2. The van der Waals surface area contributed by atoms with Crippen molar-refractivity contribution in [2.45, 2.75) is 38.7 Å². The highest BCUT2D eigenvalue weighted by molar-refractivity contribution is 9.10. The van der Waals surface area contributed by atoms with E-state index in [0.717, 1.165) is 16.2 Å². The van der Waals surface area contributed by atoms with Crippen LogP contribution < -0.4 is 0 Å².